The largest absolute Gasteiger partial charge is 0.341 e. The SMILES string of the molecule is Cc1cc(C)c(CN(C)C(=O)C(C)(C)CN)c(C)c1. The van der Waals surface area contributed by atoms with Gasteiger partial charge in [-0.05, 0) is 51.3 Å². The third-order valence-corrected chi connectivity index (χ3v) is 3.67. The monoisotopic (exact) mass is 262 g/mol. The second kappa shape index (κ2) is 5.74. The average Bonchev–Trinajstić information content (AvgIpc) is 2.32. The minimum atomic E-state index is -0.499. The maximum atomic E-state index is 12.3. The number of rotatable bonds is 4. The van der Waals surface area contributed by atoms with Crippen molar-refractivity contribution in [1.82, 2.24) is 4.90 Å². The summed E-state index contributed by atoms with van der Waals surface area (Å²) in [6, 6.07) is 4.32. The van der Waals surface area contributed by atoms with Crippen molar-refractivity contribution in [3.8, 4) is 0 Å². The minimum Gasteiger partial charge on any atom is -0.341 e. The number of hydrogen-bond donors (Lipinski definition) is 1. The molecule has 1 amide bonds. The Hall–Kier alpha value is -1.35. The van der Waals surface area contributed by atoms with Gasteiger partial charge in [0.15, 0.2) is 0 Å². The average molecular weight is 262 g/mol. The van der Waals surface area contributed by atoms with Crippen LogP contribution in [0.4, 0.5) is 0 Å². The lowest BCUT2D eigenvalue weighted by Crippen LogP contribution is -2.42. The van der Waals surface area contributed by atoms with Crippen molar-refractivity contribution in [3.05, 3.63) is 34.4 Å². The summed E-state index contributed by atoms with van der Waals surface area (Å²) in [5.74, 6) is 0.0920. The van der Waals surface area contributed by atoms with E-state index in [9.17, 15) is 4.79 Å². The molecule has 0 fully saturated rings. The van der Waals surface area contributed by atoms with Crippen molar-refractivity contribution < 1.29 is 4.79 Å². The van der Waals surface area contributed by atoms with E-state index in [4.69, 9.17) is 5.73 Å². The number of benzene rings is 1. The number of aryl methyl sites for hydroxylation is 3. The fraction of sp³-hybridized carbons (Fsp3) is 0.562. The zero-order chi connectivity index (χ0) is 14.8. The van der Waals surface area contributed by atoms with Gasteiger partial charge in [0.25, 0.3) is 0 Å². The van der Waals surface area contributed by atoms with Crippen molar-refractivity contribution >= 4 is 5.91 Å². The molecule has 2 N–H and O–H groups in total. The molecule has 0 aliphatic rings. The minimum absolute atomic E-state index is 0.0920. The van der Waals surface area contributed by atoms with Gasteiger partial charge in [0, 0.05) is 20.1 Å². The van der Waals surface area contributed by atoms with E-state index in [0.29, 0.717) is 13.1 Å². The predicted octanol–water partition coefficient (Wildman–Crippen LogP) is 2.56. The first kappa shape index (κ1) is 15.7. The summed E-state index contributed by atoms with van der Waals surface area (Å²) in [5.41, 5.74) is 10.1. The fourth-order valence-electron chi connectivity index (χ4n) is 2.37. The highest BCUT2D eigenvalue weighted by molar-refractivity contribution is 5.82. The van der Waals surface area contributed by atoms with E-state index in [1.807, 2.05) is 20.9 Å². The highest BCUT2D eigenvalue weighted by Crippen LogP contribution is 2.21. The van der Waals surface area contributed by atoms with Crippen LogP contribution in [-0.4, -0.2) is 24.4 Å². The van der Waals surface area contributed by atoms with Gasteiger partial charge in [-0.1, -0.05) is 17.7 Å². The molecule has 1 aromatic carbocycles. The van der Waals surface area contributed by atoms with E-state index in [1.54, 1.807) is 4.90 Å². The summed E-state index contributed by atoms with van der Waals surface area (Å²) < 4.78 is 0. The zero-order valence-corrected chi connectivity index (χ0v) is 13.0. The molecule has 1 aromatic rings. The molecule has 0 atom stereocenters. The highest BCUT2D eigenvalue weighted by Gasteiger charge is 2.29. The highest BCUT2D eigenvalue weighted by atomic mass is 16.2. The van der Waals surface area contributed by atoms with Crippen LogP contribution in [0, 0.1) is 26.2 Å². The lowest BCUT2D eigenvalue weighted by Gasteiger charge is -2.29. The van der Waals surface area contributed by atoms with Crippen LogP contribution in [0.25, 0.3) is 0 Å². The Morgan fingerprint density at radius 2 is 1.68 bits per heavy atom. The van der Waals surface area contributed by atoms with Gasteiger partial charge in [0.1, 0.15) is 0 Å². The lowest BCUT2D eigenvalue weighted by molar-refractivity contribution is -0.139. The van der Waals surface area contributed by atoms with Crippen LogP contribution in [0.2, 0.25) is 0 Å². The third-order valence-electron chi connectivity index (χ3n) is 3.67. The molecule has 0 unspecified atom stereocenters. The number of amides is 1. The van der Waals surface area contributed by atoms with Gasteiger partial charge in [0.05, 0.1) is 5.41 Å². The number of carbonyl (C=O) groups excluding carboxylic acids is 1. The van der Waals surface area contributed by atoms with Gasteiger partial charge in [-0.3, -0.25) is 4.79 Å². The predicted molar refractivity (Wildman–Crippen MR) is 80.0 cm³/mol. The Labute approximate surface area is 116 Å². The second-order valence-corrected chi connectivity index (χ2v) is 6.13. The molecule has 0 bridgehead atoms. The quantitative estimate of drug-likeness (QED) is 0.906. The van der Waals surface area contributed by atoms with Crippen LogP contribution in [0.15, 0.2) is 12.1 Å². The normalized spacial score (nSPS) is 11.5. The summed E-state index contributed by atoms with van der Waals surface area (Å²) in [5, 5.41) is 0. The van der Waals surface area contributed by atoms with E-state index in [1.165, 1.54) is 22.3 Å². The Morgan fingerprint density at radius 1 is 1.21 bits per heavy atom. The topological polar surface area (TPSA) is 46.3 Å². The van der Waals surface area contributed by atoms with Crippen molar-refractivity contribution in [2.75, 3.05) is 13.6 Å². The summed E-state index contributed by atoms with van der Waals surface area (Å²) in [7, 11) is 1.85. The molecule has 19 heavy (non-hydrogen) atoms. The van der Waals surface area contributed by atoms with E-state index in [-0.39, 0.29) is 5.91 Å². The van der Waals surface area contributed by atoms with E-state index in [0.717, 1.165) is 0 Å². The molecule has 0 radical (unpaired) electrons. The van der Waals surface area contributed by atoms with Crippen molar-refractivity contribution in [2.45, 2.75) is 41.2 Å². The van der Waals surface area contributed by atoms with E-state index < -0.39 is 5.41 Å². The molecule has 0 aliphatic heterocycles. The zero-order valence-electron chi connectivity index (χ0n) is 13.0. The molecule has 0 aliphatic carbocycles. The van der Waals surface area contributed by atoms with Crippen molar-refractivity contribution in [2.24, 2.45) is 11.1 Å². The Morgan fingerprint density at radius 3 is 2.11 bits per heavy atom. The number of nitrogens with zero attached hydrogens (tertiary/aromatic N) is 1. The summed E-state index contributed by atoms with van der Waals surface area (Å²) in [6.07, 6.45) is 0. The van der Waals surface area contributed by atoms with Gasteiger partial charge >= 0.3 is 0 Å². The molecule has 0 heterocycles. The van der Waals surface area contributed by atoms with Crippen LogP contribution in [0.3, 0.4) is 0 Å². The third kappa shape index (κ3) is 3.57. The molecule has 3 nitrogen and oxygen atoms in total. The molecule has 0 spiro atoms. The van der Waals surface area contributed by atoms with Gasteiger partial charge < -0.3 is 10.6 Å². The first-order valence-corrected chi connectivity index (χ1v) is 6.71. The molecule has 106 valence electrons. The maximum absolute atomic E-state index is 12.3. The summed E-state index contributed by atoms with van der Waals surface area (Å²) in [6.45, 7) is 11.1. The number of nitrogens with two attached hydrogens (primary N) is 1. The summed E-state index contributed by atoms with van der Waals surface area (Å²) in [4.78, 5) is 14.1. The molecular formula is C16H26N2O. The van der Waals surface area contributed by atoms with Gasteiger partial charge in [-0.15, -0.1) is 0 Å². The van der Waals surface area contributed by atoms with Crippen LogP contribution < -0.4 is 5.73 Å². The van der Waals surface area contributed by atoms with Gasteiger partial charge in [0.2, 0.25) is 5.91 Å². The van der Waals surface area contributed by atoms with E-state index in [2.05, 4.69) is 32.9 Å². The fourth-order valence-corrected chi connectivity index (χ4v) is 2.37. The Bertz CT molecular complexity index is 455. The smallest absolute Gasteiger partial charge is 0.229 e. The van der Waals surface area contributed by atoms with Gasteiger partial charge in [-0.2, -0.15) is 0 Å². The van der Waals surface area contributed by atoms with Crippen LogP contribution >= 0.6 is 0 Å². The molecule has 0 aromatic heterocycles. The molecule has 1 rings (SSSR count). The van der Waals surface area contributed by atoms with E-state index >= 15 is 0 Å². The summed E-state index contributed by atoms with van der Waals surface area (Å²) >= 11 is 0. The molecule has 3 heteroatoms. The maximum Gasteiger partial charge on any atom is 0.229 e. The first-order valence-electron chi connectivity index (χ1n) is 6.71. The Kier molecular flexibility index (Phi) is 4.75. The lowest BCUT2D eigenvalue weighted by atomic mass is 9.91. The van der Waals surface area contributed by atoms with Crippen molar-refractivity contribution in [1.29, 1.82) is 0 Å². The van der Waals surface area contributed by atoms with Crippen LogP contribution in [0.5, 0.6) is 0 Å². The number of carbonyl (C=O) groups is 1. The second-order valence-electron chi connectivity index (χ2n) is 6.13. The van der Waals surface area contributed by atoms with Gasteiger partial charge in [-0.25, -0.2) is 0 Å². The molecular weight excluding hydrogens is 236 g/mol. The first-order chi connectivity index (χ1) is 8.69. The molecule has 0 saturated heterocycles. The Balaban J connectivity index is 2.95. The van der Waals surface area contributed by atoms with Crippen LogP contribution in [-0.2, 0) is 11.3 Å². The molecule has 0 saturated carbocycles. The van der Waals surface area contributed by atoms with Crippen LogP contribution in [0.1, 0.15) is 36.1 Å². The number of hydrogen-bond acceptors (Lipinski definition) is 2. The standard InChI is InChI=1S/C16H26N2O/c1-11-7-12(2)14(13(3)8-11)9-18(6)15(19)16(4,5)10-17/h7-8H,9-10,17H2,1-6H3. The van der Waals surface area contributed by atoms with Crippen molar-refractivity contribution in [3.63, 3.8) is 0 Å².